The quantitative estimate of drug-likeness (QED) is 0.786. The largest absolute Gasteiger partial charge is 0.381 e. The molecule has 0 aliphatic rings. The Kier molecular flexibility index (Phi) is 3.22. The van der Waals surface area contributed by atoms with Crippen molar-refractivity contribution in [1.29, 1.82) is 0 Å². The minimum Gasteiger partial charge on any atom is -0.381 e. The summed E-state index contributed by atoms with van der Waals surface area (Å²) < 4.78 is 25.8. The third-order valence-electron chi connectivity index (χ3n) is 1.63. The average molecular weight is 201 g/mol. The molecule has 1 heterocycles. The summed E-state index contributed by atoms with van der Waals surface area (Å²) in [5.41, 5.74) is 5.20. The zero-order chi connectivity index (χ0) is 10.7. The minimum atomic E-state index is -0.836. The van der Waals surface area contributed by atoms with Crippen LogP contribution < -0.4 is 11.1 Å². The van der Waals surface area contributed by atoms with E-state index in [0.29, 0.717) is 12.5 Å². The number of nitrogen functional groups attached to an aromatic ring is 1. The highest BCUT2D eigenvalue weighted by molar-refractivity contribution is 5.44. The fourth-order valence-corrected chi connectivity index (χ4v) is 0.906. The number of nitrogens with one attached hydrogen (secondary N) is 1. The van der Waals surface area contributed by atoms with Crippen LogP contribution in [0.25, 0.3) is 0 Å². The molecule has 78 valence electrons. The van der Waals surface area contributed by atoms with Crippen molar-refractivity contribution in [2.45, 2.75) is 13.8 Å². The summed E-state index contributed by atoms with van der Waals surface area (Å²) in [6, 6.07) is 0.727. The van der Waals surface area contributed by atoms with Crippen LogP contribution in [0.2, 0.25) is 0 Å². The Morgan fingerprint density at radius 2 is 2.07 bits per heavy atom. The number of nitrogens with two attached hydrogens (primary N) is 1. The maximum atomic E-state index is 13.1. The van der Waals surface area contributed by atoms with E-state index in [4.69, 9.17) is 5.73 Å². The number of hydrogen-bond acceptors (Lipinski definition) is 3. The Morgan fingerprint density at radius 3 is 2.64 bits per heavy atom. The van der Waals surface area contributed by atoms with Gasteiger partial charge in [-0.3, -0.25) is 0 Å². The van der Waals surface area contributed by atoms with E-state index in [1.165, 1.54) is 0 Å². The highest BCUT2D eigenvalue weighted by Crippen LogP contribution is 2.16. The van der Waals surface area contributed by atoms with E-state index in [9.17, 15) is 8.78 Å². The maximum Gasteiger partial charge on any atom is 0.168 e. The monoisotopic (exact) mass is 201 g/mol. The van der Waals surface area contributed by atoms with Gasteiger partial charge >= 0.3 is 0 Å². The van der Waals surface area contributed by atoms with Crippen LogP contribution in [-0.2, 0) is 0 Å². The van der Waals surface area contributed by atoms with E-state index in [1.54, 1.807) is 0 Å². The Balaban J connectivity index is 2.82. The normalized spacial score (nSPS) is 10.6. The first-order chi connectivity index (χ1) is 6.50. The molecule has 0 spiro atoms. The van der Waals surface area contributed by atoms with Crippen LogP contribution in [0.15, 0.2) is 6.07 Å². The minimum absolute atomic E-state index is 0.00222. The lowest BCUT2D eigenvalue weighted by molar-refractivity contribution is 0.577. The summed E-state index contributed by atoms with van der Waals surface area (Å²) in [6.07, 6.45) is 0. The molecule has 3 nitrogen and oxygen atoms in total. The molecule has 0 aromatic carbocycles. The highest BCUT2D eigenvalue weighted by Gasteiger charge is 2.09. The second-order valence-electron chi connectivity index (χ2n) is 3.46. The number of nitrogens with zero attached hydrogens (tertiary/aromatic N) is 1. The standard InChI is InChI=1S/C9H13F2N3/c1-5(2)4-13-9-7(11)3-6(10)8(12)14-9/h3,5H,4H2,1-2H3,(H3,12,13,14). The van der Waals surface area contributed by atoms with Crippen LogP contribution in [0.3, 0.4) is 0 Å². The van der Waals surface area contributed by atoms with Crippen LogP contribution in [0.4, 0.5) is 20.4 Å². The van der Waals surface area contributed by atoms with Crippen molar-refractivity contribution >= 4 is 11.6 Å². The summed E-state index contributed by atoms with van der Waals surface area (Å²) in [6.45, 7) is 4.50. The molecule has 0 fully saturated rings. The van der Waals surface area contributed by atoms with Gasteiger partial charge < -0.3 is 11.1 Å². The second-order valence-corrected chi connectivity index (χ2v) is 3.46. The highest BCUT2D eigenvalue weighted by atomic mass is 19.1. The molecule has 14 heavy (non-hydrogen) atoms. The summed E-state index contributed by atoms with van der Waals surface area (Å²) in [4.78, 5) is 3.56. The summed E-state index contributed by atoms with van der Waals surface area (Å²) in [5.74, 6) is -1.51. The van der Waals surface area contributed by atoms with Gasteiger partial charge in [-0.25, -0.2) is 13.8 Å². The molecule has 0 radical (unpaired) electrons. The smallest absolute Gasteiger partial charge is 0.168 e. The van der Waals surface area contributed by atoms with Gasteiger partial charge in [-0.2, -0.15) is 0 Å². The van der Waals surface area contributed by atoms with Gasteiger partial charge in [0.1, 0.15) is 0 Å². The molecule has 0 aliphatic heterocycles. The molecule has 0 bridgehead atoms. The van der Waals surface area contributed by atoms with E-state index in [0.717, 1.165) is 6.07 Å². The van der Waals surface area contributed by atoms with Gasteiger partial charge in [-0.05, 0) is 5.92 Å². The molecule has 0 atom stereocenters. The van der Waals surface area contributed by atoms with Crippen LogP contribution in [0.1, 0.15) is 13.8 Å². The van der Waals surface area contributed by atoms with Crippen molar-refractivity contribution in [3.8, 4) is 0 Å². The first-order valence-electron chi connectivity index (χ1n) is 4.36. The second kappa shape index (κ2) is 4.21. The van der Waals surface area contributed by atoms with E-state index in [1.807, 2.05) is 13.8 Å². The first kappa shape index (κ1) is 10.7. The first-order valence-corrected chi connectivity index (χ1v) is 4.36. The molecular weight excluding hydrogens is 188 g/mol. The fourth-order valence-electron chi connectivity index (χ4n) is 0.906. The van der Waals surface area contributed by atoms with Gasteiger partial charge in [-0.1, -0.05) is 13.8 Å². The van der Waals surface area contributed by atoms with Gasteiger partial charge in [-0.15, -0.1) is 0 Å². The van der Waals surface area contributed by atoms with E-state index >= 15 is 0 Å². The molecule has 0 unspecified atom stereocenters. The number of aromatic nitrogens is 1. The van der Waals surface area contributed by atoms with Gasteiger partial charge in [0.2, 0.25) is 0 Å². The molecule has 0 saturated heterocycles. The zero-order valence-corrected chi connectivity index (χ0v) is 8.14. The van der Waals surface area contributed by atoms with Crippen molar-refractivity contribution in [3.63, 3.8) is 0 Å². The number of halogens is 2. The van der Waals surface area contributed by atoms with E-state index in [-0.39, 0.29) is 11.6 Å². The van der Waals surface area contributed by atoms with Crippen molar-refractivity contribution in [1.82, 2.24) is 4.98 Å². The Bertz CT molecular complexity index is 326. The zero-order valence-electron chi connectivity index (χ0n) is 8.14. The van der Waals surface area contributed by atoms with Gasteiger partial charge in [0.05, 0.1) is 0 Å². The molecule has 0 amide bonds. The van der Waals surface area contributed by atoms with E-state index in [2.05, 4.69) is 10.3 Å². The maximum absolute atomic E-state index is 13.1. The Labute approximate surface area is 81.3 Å². The van der Waals surface area contributed by atoms with Gasteiger partial charge in [0.25, 0.3) is 0 Å². The van der Waals surface area contributed by atoms with Crippen molar-refractivity contribution in [2.75, 3.05) is 17.6 Å². The van der Waals surface area contributed by atoms with Crippen molar-refractivity contribution < 1.29 is 8.78 Å². The Hall–Kier alpha value is -1.39. The molecule has 1 aromatic rings. The lowest BCUT2D eigenvalue weighted by Crippen LogP contribution is -2.12. The predicted molar refractivity (Wildman–Crippen MR) is 51.9 cm³/mol. The molecule has 0 aliphatic carbocycles. The molecule has 3 N–H and O–H groups in total. The third kappa shape index (κ3) is 2.55. The molecule has 5 heteroatoms. The van der Waals surface area contributed by atoms with Crippen LogP contribution >= 0.6 is 0 Å². The van der Waals surface area contributed by atoms with Crippen molar-refractivity contribution in [2.24, 2.45) is 5.92 Å². The van der Waals surface area contributed by atoms with E-state index < -0.39 is 11.6 Å². The van der Waals surface area contributed by atoms with Gasteiger partial charge in [0, 0.05) is 12.6 Å². The Morgan fingerprint density at radius 1 is 1.43 bits per heavy atom. The molecule has 1 aromatic heterocycles. The lowest BCUT2D eigenvalue weighted by atomic mass is 10.2. The van der Waals surface area contributed by atoms with Crippen LogP contribution in [-0.4, -0.2) is 11.5 Å². The number of rotatable bonds is 3. The summed E-state index contributed by atoms with van der Waals surface area (Å²) in [5, 5.41) is 2.75. The number of anilines is 2. The molecular formula is C9H13F2N3. The number of hydrogen-bond donors (Lipinski definition) is 2. The third-order valence-corrected chi connectivity index (χ3v) is 1.63. The summed E-state index contributed by atoms with van der Waals surface area (Å²) >= 11 is 0. The molecule has 0 saturated carbocycles. The van der Waals surface area contributed by atoms with Crippen molar-refractivity contribution in [3.05, 3.63) is 17.7 Å². The topological polar surface area (TPSA) is 50.9 Å². The molecule has 1 rings (SSSR count). The van der Waals surface area contributed by atoms with Crippen LogP contribution in [0.5, 0.6) is 0 Å². The predicted octanol–water partition coefficient (Wildman–Crippen LogP) is 2.01. The SMILES string of the molecule is CC(C)CNc1nc(N)c(F)cc1F. The van der Waals surface area contributed by atoms with Crippen LogP contribution in [0, 0.1) is 17.6 Å². The average Bonchev–Trinajstić information content (AvgIpc) is 2.09. The number of pyridine rings is 1. The fraction of sp³-hybridized carbons (Fsp3) is 0.444. The van der Waals surface area contributed by atoms with Gasteiger partial charge in [0.15, 0.2) is 23.3 Å². The summed E-state index contributed by atoms with van der Waals surface area (Å²) in [7, 11) is 0. The lowest BCUT2D eigenvalue weighted by Gasteiger charge is -2.09.